The molecule has 1 aliphatic carbocycles. The monoisotopic (exact) mass is 451 g/mol. The van der Waals surface area contributed by atoms with Crippen molar-refractivity contribution >= 4 is 29.1 Å². The summed E-state index contributed by atoms with van der Waals surface area (Å²) < 4.78 is 26.1. The predicted molar refractivity (Wildman–Crippen MR) is 122 cm³/mol. The van der Waals surface area contributed by atoms with Crippen molar-refractivity contribution in [3.63, 3.8) is 0 Å². The van der Waals surface area contributed by atoms with Crippen LogP contribution in [0.25, 0.3) is 11.3 Å². The number of aromatic nitrogens is 2. The van der Waals surface area contributed by atoms with Gasteiger partial charge in [-0.05, 0) is 55.8 Å². The minimum atomic E-state index is -2.89. The van der Waals surface area contributed by atoms with Gasteiger partial charge in [-0.1, -0.05) is 12.1 Å². The summed E-state index contributed by atoms with van der Waals surface area (Å²) in [5.41, 5.74) is 4.04. The quantitative estimate of drug-likeness (QED) is 0.490. The Labute approximate surface area is 189 Å². The molecule has 1 atom stereocenters. The summed E-state index contributed by atoms with van der Waals surface area (Å²) in [7, 11) is 0. The molecule has 0 radical (unpaired) electrons. The summed E-state index contributed by atoms with van der Waals surface area (Å²) >= 11 is 0. The molecule has 0 unspecified atom stereocenters. The molecule has 0 bridgehead atoms. The third-order valence-corrected chi connectivity index (χ3v) is 5.31. The summed E-state index contributed by atoms with van der Waals surface area (Å²) in [6.07, 6.45) is 1.22. The van der Waals surface area contributed by atoms with E-state index in [4.69, 9.17) is 0 Å². The number of alkyl halides is 2. The van der Waals surface area contributed by atoms with E-state index < -0.39 is 24.2 Å². The number of amides is 2. The molecule has 9 heteroatoms. The first-order chi connectivity index (χ1) is 15.8. The van der Waals surface area contributed by atoms with Gasteiger partial charge in [-0.15, -0.1) is 0 Å². The maximum atomic E-state index is 13.0. The van der Waals surface area contributed by atoms with Crippen molar-refractivity contribution < 1.29 is 18.4 Å². The third-order valence-electron chi connectivity index (χ3n) is 5.31. The molecule has 7 nitrogen and oxygen atoms in total. The van der Waals surface area contributed by atoms with E-state index in [1.165, 1.54) is 0 Å². The van der Waals surface area contributed by atoms with Crippen LogP contribution in [0.4, 0.5) is 26.1 Å². The van der Waals surface area contributed by atoms with Gasteiger partial charge in [0.05, 0.1) is 5.69 Å². The Kier molecular flexibility index (Phi) is 6.04. The fourth-order valence-corrected chi connectivity index (χ4v) is 3.41. The standard InChI is InChI=1S/C24H23F2N5O2/c1-3-27-21(32)18-9-8-17(12-14(18)2)30-23-28-11-10-20(31-23)15-4-6-16(7-5-15)29-22(33)19-13-24(19,25)26/h4-12,19H,3,13H2,1-2H3,(H,27,32)(H,29,33)(H,28,30,31)/t19-/m0/s1. The number of hydrogen-bond donors (Lipinski definition) is 3. The molecule has 1 aromatic heterocycles. The second kappa shape index (κ2) is 8.93. The van der Waals surface area contributed by atoms with Gasteiger partial charge in [0.1, 0.15) is 5.92 Å². The van der Waals surface area contributed by atoms with Crippen LogP contribution in [0.2, 0.25) is 0 Å². The van der Waals surface area contributed by atoms with Crippen molar-refractivity contribution in [3.05, 3.63) is 65.9 Å². The average Bonchev–Trinajstić information content (AvgIpc) is 3.43. The van der Waals surface area contributed by atoms with Crippen molar-refractivity contribution in [2.45, 2.75) is 26.2 Å². The van der Waals surface area contributed by atoms with Crippen LogP contribution in [0.15, 0.2) is 54.7 Å². The van der Waals surface area contributed by atoms with Crippen molar-refractivity contribution in [2.75, 3.05) is 17.2 Å². The van der Waals surface area contributed by atoms with Gasteiger partial charge in [0, 0.05) is 41.7 Å². The minimum Gasteiger partial charge on any atom is -0.352 e. The third kappa shape index (κ3) is 5.14. The normalized spacial score (nSPS) is 16.1. The fourth-order valence-electron chi connectivity index (χ4n) is 3.41. The van der Waals surface area contributed by atoms with Gasteiger partial charge < -0.3 is 16.0 Å². The molecular formula is C24H23F2N5O2. The van der Waals surface area contributed by atoms with Crippen LogP contribution in [0.5, 0.6) is 0 Å². The zero-order chi connectivity index (χ0) is 23.6. The smallest absolute Gasteiger partial charge is 0.260 e. The summed E-state index contributed by atoms with van der Waals surface area (Å²) in [5, 5.41) is 8.43. The summed E-state index contributed by atoms with van der Waals surface area (Å²) in [4.78, 5) is 32.7. The molecule has 0 spiro atoms. The number of carbonyl (C=O) groups excluding carboxylic acids is 2. The Balaban J connectivity index is 1.44. The lowest BCUT2D eigenvalue weighted by molar-refractivity contribution is -0.119. The van der Waals surface area contributed by atoms with Gasteiger partial charge in [-0.3, -0.25) is 9.59 Å². The van der Waals surface area contributed by atoms with Gasteiger partial charge in [0.15, 0.2) is 0 Å². The molecule has 1 heterocycles. The minimum absolute atomic E-state index is 0.120. The van der Waals surface area contributed by atoms with Gasteiger partial charge in [0.25, 0.3) is 11.8 Å². The number of halogens is 2. The topological polar surface area (TPSA) is 96.0 Å². The maximum Gasteiger partial charge on any atom is 0.260 e. The summed E-state index contributed by atoms with van der Waals surface area (Å²) in [5.74, 6) is -4.55. The van der Waals surface area contributed by atoms with Gasteiger partial charge in [-0.2, -0.15) is 0 Å². The zero-order valence-corrected chi connectivity index (χ0v) is 18.2. The molecule has 0 saturated heterocycles. The van der Waals surface area contributed by atoms with Gasteiger partial charge >= 0.3 is 0 Å². The lowest BCUT2D eigenvalue weighted by atomic mass is 10.1. The summed E-state index contributed by atoms with van der Waals surface area (Å²) in [6, 6.07) is 13.9. The van der Waals surface area contributed by atoms with Crippen molar-refractivity contribution in [2.24, 2.45) is 5.92 Å². The highest BCUT2D eigenvalue weighted by Crippen LogP contribution is 2.49. The molecule has 1 fully saturated rings. The fraction of sp³-hybridized carbons (Fsp3) is 0.250. The molecule has 1 saturated carbocycles. The molecule has 2 amide bonds. The van der Waals surface area contributed by atoms with E-state index in [0.29, 0.717) is 29.4 Å². The highest BCUT2D eigenvalue weighted by Gasteiger charge is 2.61. The highest BCUT2D eigenvalue weighted by atomic mass is 19.3. The van der Waals surface area contributed by atoms with Gasteiger partial charge in [0.2, 0.25) is 11.9 Å². The number of hydrogen-bond acceptors (Lipinski definition) is 5. The molecule has 4 rings (SSSR count). The molecule has 3 aromatic rings. The summed E-state index contributed by atoms with van der Waals surface area (Å²) in [6.45, 7) is 4.28. The van der Waals surface area contributed by atoms with Crippen LogP contribution in [0.3, 0.4) is 0 Å². The first kappa shape index (κ1) is 22.3. The van der Waals surface area contributed by atoms with Crippen molar-refractivity contribution in [1.29, 1.82) is 0 Å². The SMILES string of the molecule is CCNC(=O)c1ccc(Nc2nccc(-c3ccc(NC(=O)[C@@H]4CC4(F)F)cc3)n2)cc1C. The second-order valence-electron chi connectivity index (χ2n) is 7.86. The van der Waals surface area contributed by atoms with E-state index in [-0.39, 0.29) is 5.91 Å². The average molecular weight is 451 g/mol. The largest absolute Gasteiger partial charge is 0.352 e. The van der Waals surface area contributed by atoms with Crippen LogP contribution in [-0.4, -0.2) is 34.2 Å². The second-order valence-corrected chi connectivity index (χ2v) is 7.86. The Bertz CT molecular complexity index is 1200. The van der Waals surface area contributed by atoms with E-state index in [1.54, 1.807) is 48.7 Å². The molecule has 33 heavy (non-hydrogen) atoms. The van der Waals surface area contributed by atoms with E-state index in [1.807, 2.05) is 19.9 Å². The first-order valence-corrected chi connectivity index (χ1v) is 10.5. The Morgan fingerprint density at radius 1 is 1.09 bits per heavy atom. The molecule has 1 aliphatic rings. The number of benzene rings is 2. The number of carbonyl (C=O) groups is 2. The zero-order valence-electron chi connectivity index (χ0n) is 18.2. The molecule has 3 N–H and O–H groups in total. The van der Waals surface area contributed by atoms with E-state index in [2.05, 4.69) is 25.9 Å². The number of nitrogens with zero attached hydrogens (tertiary/aromatic N) is 2. The molecule has 0 aliphatic heterocycles. The number of rotatable bonds is 7. The van der Waals surface area contributed by atoms with Crippen LogP contribution in [0.1, 0.15) is 29.3 Å². The Morgan fingerprint density at radius 3 is 2.42 bits per heavy atom. The predicted octanol–water partition coefficient (Wildman–Crippen LogP) is 4.54. The Morgan fingerprint density at radius 2 is 1.79 bits per heavy atom. The van der Waals surface area contributed by atoms with E-state index in [9.17, 15) is 18.4 Å². The van der Waals surface area contributed by atoms with Crippen LogP contribution < -0.4 is 16.0 Å². The lowest BCUT2D eigenvalue weighted by Gasteiger charge is -2.10. The Hall–Kier alpha value is -3.88. The van der Waals surface area contributed by atoms with Crippen molar-refractivity contribution in [1.82, 2.24) is 15.3 Å². The number of aryl methyl sites for hydroxylation is 1. The van der Waals surface area contributed by atoms with Crippen molar-refractivity contribution in [3.8, 4) is 11.3 Å². The van der Waals surface area contributed by atoms with Crippen LogP contribution in [-0.2, 0) is 4.79 Å². The number of anilines is 3. The van der Waals surface area contributed by atoms with E-state index in [0.717, 1.165) is 16.8 Å². The highest BCUT2D eigenvalue weighted by molar-refractivity contribution is 5.96. The van der Waals surface area contributed by atoms with Crippen LogP contribution >= 0.6 is 0 Å². The lowest BCUT2D eigenvalue weighted by Crippen LogP contribution is -2.23. The molecule has 2 aromatic carbocycles. The van der Waals surface area contributed by atoms with Crippen LogP contribution in [0, 0.1) is 12.8 Å². The maximum absolute atomic E-state index is 13.0. The van der Waals surface area contributed by atoms with Gasteiger partial charge in [-0.25, -0.2) is 18.7 Å². The molecule has 170 valence electrons. The first-order valence-electron chi connectivity index (χ1n) is 10.5. The number of nitrogens with one attached hydrogen (secondary N) is 3. The van der Waals surface area contributed by atoms with E-state index >= 15 is 0 Å². The molecular weight excluding hydrogens is 428 g/mol.